The minimum atomic E-state index is -0.868. The van der Waals surface area contributed by atoms with Crippen LogP contribution in [-0.2, 0) is 16.8 Å². The molecule has 1 aliphatic heterocycles. The molecule has 0 atom stereocenters. The Kier molecular flexibility index (Phi) is 6.36. The number of piperidine rings is 1. The van der Waals surface area contributed by atoms with Gasteiger partial charge in [-0.25, -0.2) is 4.79 Å². The summed E-state index contributed by atoms with van der Waals surface area (Å²) in [4.78, 5) is 12.9. The van der Waals surface area contributed by atoms with E-state index in [1.165, 1.54) is 10.5 Å². The molecule has 0 bridgehead atoms. The van der Waals surface area contributed by atoms with Crippen molar-refractivity contribution in [2.24, 2.45) is 0 Å². The summed E-state index contributed by atoms with van der Waals surface area (Å²) in [6, 6.07) is 16.0. The molecule has 2 aromatic carbocycles. The third-order valence-electron chi connectivity index (χ3n) is 6.15. The van der Waals surface area contributed by atoms with Gasteiger partial charge in [0.05, 0.1) is 26.0 Å². The van der Waals surface area contributed by atoms with Gasteiger partial charge in [-0.1, -0.05) is 30.3 Å². The standard InChI is InChI=1S/C23H27N5O4/c1-17-24-25-26-28(17)20-8-9-21(31-2)18(14-20)15-32-16-23(19-6-4-3-5-7-19)10-12-27(13-11-23)22(29)30/h3-9,14H,10-13,15-16H2,1-2H3,(H,29,30). The van der Waals surface area contributed by atoms with Crippen LogP contribution >= 0.6 is 0 Å². The highest BCUT2D eigenvalue weighted by Crippen LogP contribution is 2.36. The molecule has 0 saturated carbocycles. The van der Waals surface area contributed by atoms with E-state index in [0.29, 0.717) is 45.0 Å². The molecule has 9 heteroatoms. The maximum absolute atomic E-state index is 11.4. The molecule has 32 heavy (non-hydrogen) atoms. The number of nitrogens with zero attached hydrogens (tertiary/aromatic N) is 5. The third-order valence-corrected chi connectivity index (χ3v) is 6.15. The average molecular weight is 438 g/mol. The van der Waals surface area contributed by atoms with Gasteiger partial charge in [0.15, 0.2) is 5.82 Å². The van der Waals surface area contributed by atoms with E-state index in [2.05, 4.69) is 27.7 Å². The van der Waals surface area contributed by atoms with Crippen molar-refractivity contribution in [1.29, 1.82) is 0 Å². The number of carbonyl (C=O) groups is 1. The van der Waals surface area contributed by atoms with Crippen molar-refractivity contribution in [3.8, 4) is 11.4 Å². The van der Waals surface area contributed by atoms with E-state index >= 15 is 0 Å². The first-order chi connectivity index (χ1) is 15.5. The summed E-state index contributed by atoms with van der Waals surface area (Å²) in [5.74, 6) is 1.42. The van der Waals surface area contributed by atoms with Crippen LogP contribution in [0.15, 0.2) is 48.5 Å². The number of aromatic nitrogens is 4. The van der Waals surface area contributed by atoms with E-state index < -0.39 is 6.09 Å². The highest BCUT2D eigenvalue weighted by atomic mass is 16.5. The number of benzene rings is 2. The zero-order chi connectivity index (χ0) is 22.6. The predicted molar refractivity (Wildman–Crippen MR) is 117 cm³/mol. The van der Waals surface area contributed by atoms with Crippen LogP contribution in [0.25, 0.3) is 5.69 Å². The van der Waals surface area contributed by atoms with Crippen molar-refractivity contribution < 1.29 is 19.4 Å². The fourth-order valence-electron chi connectivity index (χ4n) is 4.27. The van der Waals surface area contributed by atoms with Gasteiger partial charge in [-0.15, -0.1) is 5.10 Å². The zero-order valence-electron chi connectivity index (χ0n) is 18.3. The van der Waals surface area contributed by atoms with Crippen LogP contribution < -0.4 is 4.74 Å². The Bertz CT molecular complexity index is 1060. The summed E-state index contributed by atoms with van der Waals surface area (Å²) in [5, 5.41) is 21.0. The molecule has 2 heterocycles. The summed E-state index contributed by atoms with van der Waals surface area (Å²) in [6.45, 7) is 3.67. The minimum absolute atomic E-state index is 0.232. The largest absolute Gasteiger partial charge is 0.496 e. The molecular formula is C23H27N5O4. The molecule has 1 amide bonds. The maximum Gasteiger partial charge on any atom is 0.407 e. The second-order valence-corrected chi connectivity index (χ2v) is 8.04. The Balaban J connectivity index is 1.52. The van der Waals surface area contributed by atoms with E-state index in [0.717, 1.165) is 17.0 Å². The number of ether oxygens (including phenoxy) is 2. The van der Waals surface area contributed by atoms with E-state index in [9.17, 15) is 9.90 Å². The molecule has 0 aliphatic carbocycles. The van der Waals surface area contributed by atoms with Crippen LogP contribution in [0.5, 0.6) is 5.75 Å². The summed E-state index contributed by atoms with van der Waals surface area (Å²) in [5.41, 5.74) is 2.67. The van der Waals surface area contributed by atoms with Gasteiger partial charge in [-0.3, -0.25) is 0 Å². The molecule has 3 aromatic rings. The van der Waals surface area contributed by atoms with E-state index in [-0.39, 0.29) is 5.41 Å². The van der Waals surface area contributed by atoms with Crippen LogP contribution in [0.4, 0.5) is 4.79 Å². The fourth-order valence-corrected chi connectivity index (χ4v) is 4.27. The van der Waals surface area contributed by atoms with Gasteiger partial charge in [-0.05, 0) is 54.0 Å². The monoisotopic (exact) mass is 437 g/mol. The molecule has 0 radical (unpaired) electrons. The van der Waals surface area contributed by atoms with Crippen LogP contribution in [0.3, 0.4) is 0 Å². The zero-order valence-corrected chi connectivity index (χ0v) is 18.3. The van der Waals surface area contributed by atoms with Crippen LogP contribution in [-0.4, -0.2) is 63.1 Å². The molecule has 0 unspecified atom stereocenters. The fraction of sp³-hybridized carbons (Fsp3) is 0.391. The van der Waals surface area contributed by atoms with Gasteiger partial charge < -0.3 is 19.5 Å². The highest BCUT2D eigenvalue weighted by molar-refractivity contribution is 5.65. The van der Waals surface area contributed by atoms with Crippen molar-refractivity contribution in [3.05, 3.63) is 65.5 Å². The number of carboxylic acid groups (broad SMARTS) is 1. The number of hydrogen-bond donors (Lipinski definition) is 1. The second kappa shape index (κ2) is 9.35. The molecule has 4 rings (SSSR count). The van der Waals surface area contributed by atoms with Gasteiger partial charge in [0.25, 0.3) is 0 Å². The number of tetrazole rings is 1. The first kappa shape index (κ1) is 21.8. The predicted octanol–water partition coefficient (Wildman–Crippen LogP) is 3.21. The van der Waals surface area contributed by atoms with Gasteiger partial charge in [-0.2, -0.15) is 4.68 Å². The normalized spacial score (nSPS) is 15.5. The van der Waals surface area contributed by atoms with Gasteiger partial charge in [0, 0.05) is 24.1 Å². The number of aryl methyl sites for hydroxylation is 1. The summed E-state index contributed by atoms with van der Waals surface area (Å²) in [7, 11) is 1.63. The first-order valence-corrected chi connectivity index (χ1v) is 10.6. The Morgan fingerprint density at radius 1 is 1.16 bits per heavy atom. The molecule has 1 saturated heterocycles. The number of hydrogen-bond acceptors (Lipinski definition) is 6. The molecule has 0 spiro atoms. The molecule has 1 N–H and O–H groups in total. The topological polar surface area (TPSA) is 103 Å². The third kappa shape index (κ3) is 4.43. The quantitative estimate of drug-likeness (QED) is 0.605. The van der Waals surface area contributed by atoms with Crippen LogP contribution in [0.2, 0.25) is 0 Å². The first-order valence-electron chi connectivity index (χ1n) is 10.6. The molecule has 1 aromatic heterocycles. The van der Waals surface area contributed by atoms with Crippen molar-refractivity contribution in [1.82, 2.24) is 25.1 Å². The van der Waals surface area contributed by atoms with Crippen molar-refractivity contribution >= 4 is 6.09 Å². The lowest BCUT2D eigenvalue weighted by Crippen LogP contribution is -2.47. The molecular weight excluding hydrogens is 410 g/mol. The van der Waals surface area contributed by atoms with Crippen molar-refractivity contribution in [2.75, 3.05) is 26.8 Å². The van der Waals surface area contributed by atoms with E-state index in [4.69, 9.17) is 9.47 Å². The van der Waals surface area contributed by atoms with Crippen molar-refractivity contribution in [3.63, 3.8) is 0 Å². The van der Waals surface area contributed by atoms with Gasteiger partial charge in [0.2, 0.25) is 0 Å². The lowest BCUT2D eigenvalue weighted by atomic mass is 9.73. The Morgan fingerprint density at radius 3 is 2.53 bits per heavy atom. The number of methoxy groups -OCH3 is 1. The SMILES string of the molecule is COc1ccc(-n2nnnc2C)cc1COCC1(c2ccccc2)CCN(C(=O)O)CC1. The van der Waals surface area contributed by atoms with Gasteiger partial charge in [0.1, 0.15) is 5.75 Å². The number of amides is 1. The van der Waals surface area contributed by atoms with Gasteiger partial charge >= 0.3 is 6.09 Å². The second-order valence-electron chi connectivity index (χ2n) is 8.04. The molecule has 1 aliphatic rings. The smallest absolute Gasteiger partial charge is 0.407 e. The molecule has 9 nitrogen and oxygen atoms in total. The van der Waals surface area contributed by atoms with Crippen molar-refractivity contribution in [2.45, 2.75) is 31.8 Å². The number of likely N-dealkylation sites (tertiary alicyclic amines) is 1. The summed E-state index contributed by atoms with van der Waals surface area (Å²) >= 11 is 0. The minimum Gasteiger partial charge on any atom is -0.496 e. The Labute approximate surface area is 186 Å². The lowest BCUT2D eigenvalue weighted by molar-refractivity contribution is 0.0362. The summed E-state index contributed by atoms with van der Waals surface area (Å²) < 4.78 is 13.4. The average Bonchev–Trinajstić information content (AvgIpc) is 3.25. The summed E-state index contributed by atoms with van der Waals surface area (Å²) in [6.07, 6.45) is 0.557. The highest BCUT2D eigenvalue weighted by Gasteiger charge is 2.37. The Morgan fingerprint density at radius 2 is 1.91 bits per heavy atom. The Hall–Kier alpha value is -3.46. The number of rotatable bonds is 7. The molecule has 168 valence electrons. The van der Waals surface area contributed by atoms with Crippen LogP contribution in [0, 0.1) is 6.92 Å². The lowest BCUT2D eigenvalue weighted by Gasteiger charge is -2.41. The van der Waals surface area contributed by atoms with E-state index in [1.54, 1.807) is 11.8 Å². The molecule has 1 fully saturated rings. The maximum atomic E-state index is 11.4. The van der Waals surface area contributed by atoms with E-state index in [1.807, 2.05) is 43.3 Å². The van der Waals surface area contributed by atoms with Crippen LogP contribution in [0.1, 0.15) is 29.8 Å².